The molecule has 0 fully saturated rings. The summed E-state index contributed by atoms with van der Waals surface area (Å²) in [6.45, 7) is 4.03. The Hall–Kier alpha value is -2.14. The Morgan fingerprint density at radius 3 is 2.60 bits per heavy atom. The lowest BCUT2D eigenvalue weighted by Crippen LogP contribution is -1.99. The van der Waals surface area contributed by atoms with Gasteiger partial charge in [-0.25, -0.2) is 0 Å². The number of hydrogen-bond acceptors (Lipinski definition) is 4. The van der Waals surface area contributed by atoms with E-state index in [1.54, 1.807) is 12.1 Å². The molecule has 2 aromatic rings. The lowest BCUT2D eigenvalue weighted by molar-refractivity contribution is -0.386. The Kier molecular flexibility index (Phi) is 4.20. The van der Waals surface area contributed by atoms with Crippen LogP contribution in [0.15, 0.2) is 36.4 Å². The lowest BCUT2D eigenvalue weighted by atomic mass is 10.0. The van der Waals surface area contributed by atoms with Crippen molar-refractivity contribution in [2.24, 2.45) is 0 Å². The van der Waals surface area contributed by atoms with Gasteiger partial charge in [-0.05, 0) is 23.6 Å². The maximum absolute atomic E-state index is 11.0. The summed E-state index contributed by atoms with van der Waals surface area (Å²) < 4.78 is 5.61. The van der Waals surface area contributed by atoms with Crippen LogP contribution < -0.4 is 4.74 Å². The van der Waals surface area contributed by atoms with Gasteiger partial charge in [-0.3, -0.25) is 10.1 Å². The number of nitrogens with zero attached hydrogens (tertiary/aromatic N) is 2. The predicted molar refractivity (Wildman–Crippen MR) is 76.5 cm³/mol. The van der Waals surface area contributed by atoms with Crippen molar-refractivity contribution in [3.8, 4) is 11.6 Å². The molecule has 0 aliphatic carbocycles. The molecule has 0 bridgehead atoms. The van der Waals surface area contributed by atoms with Gasteiger partial charge >= 0.3 is 11.6 Å². The summed E-state index contributed by atoms with van der Waals surface area (Å²) in [7, 11) is 0. The Labute approximate surface area is 121 Å². The number of pyridine rings is 1. The molecule has 2 rings (SSSR count). The highest BCUT2D eigenvalue weighted by atomic mass is 35.5. The first-order chi connectivity index (χ1) is 9.49. The van der Waals surface area contributed by atoms with Crippen molar-refractivity contribution in [1.29, 1.82) is 0 Å². The lowest BCUT2D eigenvalue weighted by Gasteiger charge is -2.12. The molecule has 0 atom stereocenters. The number of aromatic nitrogens is 1. The summed E-state index contributed by atoms with van der Waals surface area (Å²) >= 11 is 5.78. The first-order valence-electron chi connectivity index (χ1n) is 6.06. The zero-order chi connectivity index (χ0) is 14.7. The van der Waals surface area contributed by atoms with Crippen LogP contribution in [0.3, 0.4) is 0 Å². The van der Waals surface area contributed by atoms with Crippen molar-refractivity contribution in [1.82, 2.24) is 4.98 Å². The normalized spacial score (nSPS) is 10.6. The highest BCUT2D eigenvalue weighted by molar-refractivity contribution is 6.29. The monoisotopic (exact) mass is 292 g/mol. The molecule has 1 heterocycles. The molecule has 1 aromatic carbocycles. The Morgan fingerprint density at radius 2 is 1.95 bits per heavy atom. The predicted octanol–water partition coefficient (Wildman–Crippen LogP) is 4.56. The van der Waals surface area contributed by atoms with Crippen molar-refractivity contribution >= 4 is 17.3 Å². The van der Waals surface area contributed by atoms with Gasteiger partial charge in [-0.15, -0.1) is 0 Å². The Morgan fingerprint density at radius 1 is 1.25 bits per heavy atom. The van der Waals surface area contributed by atoms with E-state index in [2.05, 4.69) is 4.98 Å². The zero-order valence-electron chi connectivity index (χ0n) is 11.0. The average molecular weight is 293 g/mol. The number of benzene rings is 1. The fraction of sp³-hybridized carbons (Fsp3) is 0.214. The Balaban J connectivity index is 2.45. The van der Waals surface area contributed by atoms with Crippen molar-refractivity contribution < 1.29 is 9.66 Å². The highest BCUT2D eigenvalue weighted by Crippen LogP contribution is 2.34. The van der Waals surface area contributed by atoms with E-state index in [0.717, 1.165) is 5.56 Å². The fourth-order valence-electron chi connectivity index (χ4n) is 1.78. The summed E-state index contributed by atoms with van der Waals surface area (Å²) in [5, 5.41) is 11.1. The summed E-state index contributed by atoms with van der Waals surface area (Å²) in [5.41, 5.74) is 0.733. The van der Waals surface area contributed by atoms with Crippen molar-refractivity contribution in [2.75, 3.05) is 0 Å². The summed E-state index contributed by atoms with van der Waals surface area (Å²) in [6, 6.07) is 10.0. The van der Waals surface area contributed by atoms with E-state index in [9.17, 15) is 10.1 Å². The molecule has 104 valence electrons. The molecule has 0 amide bonds. The van der Waals surface area contributed by atoms with Gasteiger partial charge in [0.1, 0.15) is 10.9 Å². The van der Waals surface area contributed by atoms with Crippen molar-refractivity contribution in [2.45, 2.75) is 19.8 Å². The molecule has 0 spiro atoms. The number of rotatable bonds is 4. The first-order valence-corrected chi connectivity index (χ1v) is 6.44. The third kappa shape index (κ3) is 3.05. The van der Waals surface area contributed by atoms with Gasteiger partial charge < -0.3 is 4.74 Å². The fourth-order valence-corrected chi connectivity index (χ4v) is 1.92. The van der Waals surface area contributed by atoms with Gasteiger partial charge in [0, 0.05) is 6.07 Å². The summed E-state index contributed by atoms with van der Waals surface area (Å²) in [6.07, 6.45) is 0. The maximum atomic E-state index is 11.0. The van der Waals surface area contributed by atoms with Gasteiger partial charge in [0.25, 0.3) is 0 Å². The second kappa shape index (κ2) is 5.88. The van der Waals surface area contributed by atoms with Gasteiger partial charge in [-0.1, -0.05) is 43.6 Å². The summed E-state index contributed by atoms with van der Waals surface area (Å²) in [4.78, 5) is 14.3. The van der Waals surface area contributed by atoms with Crippen molar-refractivity contribution in [3.05, 3.63) is 57.2 Å². The maximum Gasteiger partial charge on any atom is 0.331 e. The molecule has 1 aromatic heterocycles. The zero-order valence-corrected chi connectivity index (χ0v) is 11.8. The number of halogens is 1. The van der Waals surface area contributed by atoms with Crippen LogP contribution in [0.2, 0.25) is 5.15 Å². The third-order valence-corrected chi connectivity index (χ3v) is 2.96. The minimum Gasteiger partial charge on any atom is -0.433 e. The van der Waals surface area contributed by atoms with E-state index >= 15 is 0 Å². The SMILES string of the molecule is CC(C)c1ccccc1Oc1nc(Cl)ccc1[N+](=O)[O-]. The molecule has 0 saturated carbocycles. The van der Waals surface area contributed by atoms with Gasteiger partial charge in [-0.2, -0.15) is 4.98 Å². The van der Waals surface area contributed by atoms with Crippen LogP contribution in [0.25, 0.3) is 0 Å². The van der Waals surface area contributed by atoms with Gasteiger partial charge in [0.2, 0.25) is 0 Å². The third-order valence-electron chi connectivity index (χ3n) is 2.75. The minimum atomic E-state index is -0.545. The van der Waals surface area contributed by atoms with Gasteiger partial charge in [0.15, 0.2) is 0 Å². The van der Waals surface area contributed by atoms with Crippen LogP contribution in [-0.4, -0.2) is 9.91 Å². The molecule has 0 N–H and O–H groups in total. The number of para-hydroxylation sites is 1. The topological polar surface area (TPSA) is 65.3 Å². The molecule has 0 aliphatic rings. The van der Waals surface area contributed by atoms with Crippen LogP contribution in [0.1, 0.15) is 25.3 Å². The standard InChI is InChI=1S/C14H13ClN2O3/c1-9(2)10-5-3-4-6-12(10)20-14-11(17(18)19)7-8-13(15)16-14/h3-9H,1-2H3. The van der Waals surface area contributed by atoms with E-state index in [0.29, 0.717) is 5.75 Å². The molecule has 0 saturated heterocycles. The molecule has 5 nitrogen and oxygen atoms in total. The summed E-state index contributed by atoms with van der Waals surface area (Å²) in [5.74, 6) is 0.667. The second-order valence-corrected chi connectivity index (χ2v) is 4.90. The van der Waals surface area contributed by atoms with E-state index in [1.807, 2.05) is 26.0 Å². The molecule has 20 heavy (non-hydrogen) atoms. The van der Waals surface area contributed by atoms with Crippen LogP contribution in [0.4, 0.5) is 5.69 Å². The number of hydrogen-bond donors (Lipinski definition) is 0. The number of ether oxygens (including phenoxy) is 1. The Bertz CT molecular complexity index is 644. The van der Waals surface area contributed by atoms with Crippen LogP contribution in [0, 0.1) is 10.1 Å². The highest BCUT2D eigenvalue weighted by Gasteiger charge is 2.19. The van der Waals surface area contributed by atoms with Crippen LogP contribution in [-0.2, 0) is 0 Å². The first kappa shape index (κ1) is 14.3. The molecule has 0 aliphatic heterocycles. The molecular formula is C14H13ClN2O3. The van der Waals surface area contributed by atoms with Crippen LogP contribution >= 0.6 is 11.6 Å². The van der Waals surface area contributed by atoms with Crippen LogP contribution in [0.5, 0.6) is 11.6 Å². The number of nitro groups is 1. The second-order valence-electron chi connectivity index (χ2n) is 4.51. The van der Waals surface area contributed by atoms with E-state index in [1.165, 1.54) is 12.1 Å². The molecule has 0 unspecified atom stereocenters. The molecular weight excluding hydrogens is 280 g/mol. The average Bonchev–Trinajstić information content (AvgIpc) is 2.38. The quantitative estimate of drug-likeness (QED) is 0.471. The van der Waals surface area contributed by atoms with Crippen molar-refractivity contribution in [3.63, 3.8) is 0 Å². The van der Waals surface area contributed by atoms with Gasteiger partial charge in [0.05, 0.1) is 4.92 Å². The van der Waals surface area contributed by atoms with E-state index in [-0.39, 0.29) is 22.6 Å². The smallest absolute Gasteiger partial charge is 0.331 e. The molecule has 0 radical (unpaired) electrons. The molecule has 6 heteroatoms. The largest absolute Gasteiger partial charge is 0.433 e. The van der Waals surface area contributed by atoms with E-state index in [4.69, 9.17) is 16.3 Å². The van der Waals surface area contributed by atoms with E-state index < -0.39 is 4.92 Å². The minimum absolute atomic E-state index is 0.101.